The molecule has 0 saturated heterocycles. The first-order valence-electron chi connectivity index (χ1n) is 40.0. The molecule has 0 spiro atoms. The number of rotatable bonds is 12. The van der Waals surface area contributed by atoms with Gasteiger partial charge in [0.15, 0.2) is 40.4 Å². The first-order valence-corrected chi connectivity index (χ1v) is 41.2. The van der Waals surface area contributed by atoms with Gasteiger partial charge in [0.05, 0.1) is 46.4 Å². The molecule has 4 aliphatic rings. The van der Waals surface area contributed by atoms with Crippen molar-refractivity contribution in [3.05, 3.63) is 270 Å². The normalized spacial score (nSPS) is 15.2. The summed E-state index contributed by atoms with van der Waals surface area (Å²) in [5.41, 5.74) is 14.2. The van der Waals surface area contributed by atoms with Gasteiger partial charge in [0.25, 0.3) is 17.7 Å². The maximum atomic E-state index is 15.3. The van der Waals surface area contributed by atoms with Gasteiger partial charge in [-0.1, -0.05) is 297 Å². The van der Waals surface area contributed by atoms with Crippen molar-refractivity contribution in [3.63, 3.8) is 0 Å². The molecule has 1 N–H and O–H groups in total. The average Bonchev–Trinajstić information content (AvgIpc) is 1.54. The van der Waals surface area contributed by atoms with Crippen molar-refractivity contribution < 1.29 is 51.2 Å². The predicted molar refractivity (Wildman–Crippen MR) is 469 cm³/mol. The van der Waals surface area contributed by atoms with Gasteiger partial charge in [-0.2, -0.15) is 0 Å². The van der Waals surface area contributed by atoms with Crippen LogP contribution in [0.25, 0.3) is 66.5 Å². The number of alkyl halides is 1. The SMILES string of the molecule is CC(C)(C)c1cc(C(C)(C)C)c2oc(C3=C4C(=O)N(CC(=O)c5ccccc5)C(c5cc6cc(C(C)(C)C)cc(C(C)(C)C)c6o5)=C4C(=O)N3CC(=O)c3ccccc3)cc2c1.CC(C)(C)c1cc(C(C)(C)C)c2oc(C3=C4C(=O)NC(c5cc6cc(C(C)(C)C)cc(C(C)(C)C)c6o5)=C4C(=O)C3)cc2c1.O=C(CBr)c1ccccc1. The zero-order valence-electron chi connectivity index (χ0n) is 71.7. The number of hydrogen-bond acceptors (Lipinski definition) is 11. The second-order valence-electron chi connectivity index (χ2n) is 39.6. The van der Waals surface area contributed by atoms with E-state index in [-0.39, 0.29) is 126 Å². The van der Waals surface area contributed by atoms with Crippen LogP contribution in [0, 0.1) is 0 Å². The van der Waals surface area contributed by atoms with Crippen molar-refractivity contribution in [3.8, 4) is 0 Å². The molecule has 600 valence electrons. The smallest absolute Gasteiger partial charge is 0.261 e. The van der Waals surface area contributed by atoms with Crippen molar-refractivity contribution in [1.29, 1.82) is 0 Å². The Labute approximate surface area is 690 Å². The number of furan rings is 4. The Morgan fingerprint density at radius 1 is 0.345 bits per heavy atom. The fraction of sp³-hybridized carbons (Fsp3) is 0.356. The minimum Gasteiger partial charge on any atom is -0.456 e. The summed E-state index contributed by atoms with van der Waals surface area (Å²) in [6.07, 6.45) is 0.111. The number of ketones is 4. The van der Waals surface area contributed by atoms with Gasteiger partial charge >= 0.3 is 0 Å². The van der Waals surface area contributed by atoms with Crippen molar-refractivity contribution in [2.75, 3.05) is 18.4 Å². The van der Waals surface area contributed by atoms with Gasteiger partial charge in [0.2, 0.25) is 0 Å². The number of amides is 3. The third-order valence-electron chi connectivity index (χ3n) is 22.2. The van der Waals surface area contributed by atoms with E-state index in [0.29, 0.717) is 61.6 Å². The minimum absolute atomic E-state index is 0.0416. The predicted octanol–water partition coefficient (Wildman–Crippen LogP) is 23.8. The van der Waals surface area contributed by atoms with Gasteiger partial charge in [0, 0.05) is 72.5 Å². The highest BCUT2D eigenvalue weighted by Crippen LogP contribution is 2.52. The van der Waals surface area contributed by atoms with Crippen molar-refractivity contribution in [2.24, 2.45) is 0 Å². The number of fused-ring (bicyclic) bond motifs is 6. The minimum atomic E-state index is -0.559. The molecule has 3 amide bonds. The summed E-state index contributed by atoms with van der Waals surface area (Å²) in [5, 5.41) is 6.96. The molecule has 0 unspecified atom stereocenters. The molecule has 15 rings (SSSR count). The zero-order chi connectivity index (χ0) is 84.5. The van der Waals surface area contributed by atoms with Crippen LogP contribution in [-0.4, -0.2) is 69.1 Å². The van der Waals surface area contributed by atoms with Gasteiger partial charge in [-0.25, -0.2) is 0 Å². The Bertz CT molecular complexity index is 5680. The third kappa shape index (κ3) is 16.1. The Kier molecular flexibility index (Phi) is 21.3. The van der Waals surface area contributed by atoms with Crippen LogP contribution < -0.4 is 5.32 Å². The molecule has 4 aromatic heterocycles. The Balaban J connectivity index is 0.000000188. The number of carbonyl (C=O) groups is 7. The van der Waals surface area contributed by atoms with E-state index in [9.17, 15) is 24.0 Å². The van der Waals surface area contributed by atoms with Crippen LogP contribution in [0.15, 0.2) is 204 Å². The molecule has 0 bridgehead atoms. The highest BCUT2D eigenvalue weighted by atomic mass is 79.9. The van der Waals surface area contributed by atoms with Crippen molar-refractivity contribution >= 4 is 123 Å². The van der Waals surface area contributed by atoms with Crippen molar-refractivity contribution in [2.45, 2.75) is 216 Å². The Morgan fingerprint density at radius 2 is 0.629 bits per heavy atom. The van der Waals surface area contributed by atoms with Gasteiger partial charge in [-0.05, 0) is 114 Å². The van der Waals surface area contributed by atoms with Crippen LogP contribution in [0.4, 0.5) is 0 Å². The van der Waals surface area contributed by atoms with E-state index in [1.165, 1.54) is 20.9 Å². The second-order valence-corrected chi connectivity index (χ2v) is 40.2. The van der Waals surface area contributed by atoms with Crippen LogP contribution in [0.5, 0.6) is 0 Å². The molecule has 3 aliphatic heterocycles. The lowest BCUT2D eigenvalue weighted by Gasteiger charge is -2.25. The summed E-state index contributed by atoms with van der Waals surface area (Å²) in [4.78, 5) is 99.8. The van der Waals surface area contributed by atoms with Crippen LogP contribution in [0.3, 0.4) is 0 Å². The molecule has 0 radical (unpaired) electrons. The highest BCUT2D eigenvalue weighted by Gasteiger charge is 2.52. The molecule has 1 aliphatic carbocycles. The van der Waals surface area contributed by atoms with Crippen LogP contribution in [0.2, 0.25) is 0 Å². The number of nitrogens with one attached hydrogen (secondary N) is 1. The summed E-state index contributed by atoms with van der Waals surface area (Å²) < 4.78 is 26.7. The van der Waals surface area contributed by atoms with E-state index in [1.807, 2.05) is 66.7 Å². The number of nitrogens with zero attached hydrogens (tertiary/aromatic N) is 2. The lowest BCUT2D eigenvalue weighted by atomic mass is 9.80. The molecule has 7 aromatic carbocycles. The fourth-order valence-electron chi connectivity index (χ4n) is 15.5. The summed E-state index contributed by atoms with van der Waals surface area (Å²) in [6, 6.07) is 51.8. The molecule has 14 nitrogen and oxygen atoms in total. The van der Waals surface area contributed by atoms with Gasteiger partial charge < -0.3 is 23.0 Å². The molecular formula is C101H108BrN3O11. The van der Waals surface area contributed by atoms with E-state index >= 15 is 9.59 Å². The summed E-state index contributed by atoms with van der Waals surface area (Å²) in [6.45, 7) is 51.3. The van der Waals surface area contributed by atoms with Gasteiger partial charge in [-0.15, -0.1) is 0 Å². The fourth-order valence-corrected chi connectivity index (χ4v) is 15.8. The van der Waals surface area contributed by atoms with Crippen LogP contribution >= 0.6 is 15.9 Å². The molecule has 0 fully saturated rings. The lowest BCUT2D eigenvalue weighted by molar-refractivity contribution is -0.123. The maximum Gasteiger partial charge on any atom is 0.261 e. The number of halogens is 1. The topological polar surface area (TPSA) is 191 Å². The monoisotopic (exact) mass is 1620 g/mol. The van der Waals surface area contributed by atoms with Gasteiger partial charge in [0.1, 0.15) is 39.5 Å². The van der Waals surface area contributed by atoms with Crippen LogP contribution in [0.1, 0.15) is 271 Å². The Hall–Kier alpha value is -10.8. The first-order chi connectivity index (χ1) is 53.9. The summed E-state index contributed by atoms with van der Waals surface area (Å²) in [7, 11) is 0. The number of benzene rings is 7. The number of carbonyl (C=O) groups excluding carboxylic acids is 7. The summed E-state index contributed by atoms with van der Waals surface area (Å²) in [5.74, 6) is -0.400. The number of hydrogen-bond donors (Lipinski definition) is 1. The standard InChI is InChI=1S/C54H56N2O6.C39H45NO4.C8H7BrO/c1-51(2,3)35-23-33-25-41(61-47(33)37(27-35)53(7,8)9)45-43-44(50(60)55(45)29-39(57)31-19-15-13-16-20-31)46(56(49(43)59)30-40(58)32-21-17-14-18-22-32)42-26-34-24-36(52(4,5)6)28-38(48(34)62-42)54(10,11)12;1-36(2,3)22-13-20-15-28(43-33(20)25(17-22)38(7,8)9)24-19-27(41)31-30(24)35(42)40-32(31)29-16-21-14-23(37(4,5)6)18-26(34(21)44-29)39(10,11)12;9-6-8(10)7-4-2-1-3-5-7/h13-28H,29-30H2,1-12H3;13-18H,19H2,1-12H3,(H,40,42);1-5H,6H2. The zero-order valence-corrected chi connectivity index (χ0v) is 73.3. The molecule has 0 saturated carbocycles. The first kappa shape index (κ1) is 83.2. The molecule has 116 heavy (non-hydrogen) atoms. The second kappa shape index (κ2) is 29.7. The Morgan fingerprint density at radius 3 is 0.931 bits per heavy atom. The van der Waals surface area contributed by atoms with Crippen molar-refractivity contribution in [1.82, 2.24) is 15.1 Å². The number of Topliss-reactive ketones (excluding diaryl/α,β-unsaturated/α-hetero) is 4. The largest absolute Gasteiger partial charge is 0.456 e. The van der Waals surface area contributed by atoms with E-state index in [4.69, 9.17) is 17.7 Å². The quantitative estimate of drug-likeness (QED) is 0.0904. The van der Waals surface area contributed by atoms with E-state index in [1.54, 1.807) is 48.5 Å². The third-order valence-corrected chi connectivity index (χ3v) is 22.8. The molecule has 11 aromatic rings. The number of allylic oxidation sites excluding steroid dienone is 1. The molecule has 15 heteroatoms. The average molecular weight is 1620 g/mol. The van der Waals surface area contributed by atoms with Gasteiger partial charge in [-0.3, -0.25) is 43.4 Å². The summed E-state index contributed by atoms with van der Waals surface area (Å²) >= 11 is 3.10. The van der Waals surface area contributed by atoms with E-state index in [0.717, 1.165) is 71.7 Å². The molecule has 0 atom stereocenters. The van der Waals surface area contributed by atoms with Crippen LogP contribution in [-0.2, 0) is 62.5 Å². The molecule has 7 heterocycles. The maximum absolute atomic E-state index is 15.3. The highest BCUT2D eigenvalue weighted by molar-refractivity contribution is 9.09. The van der Waals surface area contributed by atoms with E-state index in [2.05, 4.69) is 236 Å². The lowest BCUT2D eigenvalue weighted by Crippen LogP contribution is -2.35. The van der Waals surface area contributed by atoms with E-state index < -0.39 is 11.8 Å². The molecular weight excluding hydrogens is 1510 g/mol.